The molecule has 0 aliphatic rings. The maximum absolute atomic E-state index is 11.9. The summed E-state index contributed by atoms with van der Waals surface area (Å²) < 4.78 is 0. The number of phenolic OH excluding ortho intramolecular Hbond substituents is 1. The highest BCUT2D eigenvalue weighted by atomic mass is 16.4. The third-order valence-corrected chi connectivity index (χ3v) is 2.89. The Hall–Kier alpha value is -3.16. The fraction of sp³-hybridized carbons (Fsp3) is 0.143. The zero-order chi connectivity index (χ0) is 16.1. The van der Waals surface area contributed by atoms with E-state index in [2.05, 4.69) is 15.5 Å². The predicted octanol–water partition coefficient (Wildman–Crippen LogP) is -0.0988. The van der Waals surface area contributed by atoms with E-state index < -0.39 is 23.5 Å². The minimum atomic E-state index is -1.20. The van der Waals surface area contributed by atoms with Crippen molar-refractivity contribution in [2.24, 2.45) is 0 Å². The summed E-state index contributed by atoms with van der Waals surface area (Å²) in [6, 6.07) is 7.15. The summed E-state index contributed by atoms with van der Waals surface area (Å²) in [5, 5.41) is 26.3. The number of carbonyl (C=O) groups excluding carboxylic acids is 1. The van der Waals surface area contributed by atoms with Gasteiger partial charge in [0.2, 0.25) is 0 Å². The Morgan fingerprint density at radius 3 is 2.41 bits per heavy atom. The molecule has 0 saturated heterocycles. The molecule has 1 aromatic carbocycles. The molecule has 1 amide bonds. The first-order chi connectivity index (χ1) is 10.5. The molecule has 2 rings (SSSR count). The van der Waals surface area contributed by atoms with Gasteiger partial charge in [-0.1, -0.05) is 12.1 Å². The Balaban J connectivity index is 2.09. The molecule has 1 atom stereocenters. The van der Waals surface area contributed by atoms with Crippen molar-refractivity contribution in [3.05, 3.63) is 58.0 Å². The van der Waals surface area contributed by atoms with Gasteiger partial charge in [0, 0.05) is 12.5 Å². The van der Waals surface area contributed by atoms with Gasteiger partial charge in [0.1, 0.15) is 17.5 Å². The smallest absolute Gasteiger partial charge is 0.326 e. The van der Waals surface area contributed by atoms with E-state index in [1.54, 1.807) is 12.1 Å². The van der Waals surface area contributed by atoms with Crippen LogP contribution in [0.1, 0.15) is 16.1 Å². The van der Waals surface area contributed by atoms with E-state index in [-0.39, 0.29) is 17.9 Å². The van der Waals surface area contributed by atoms with Crippen molar-refractivity contribution in [3.63, 3.8) is 0 Å². The van der Waals surface area contributed by atoms with Gasteiger partial charge in [-0.15, -0.1) is 0 Å². The fourth-order valence-corrected chi connectivity index (χ4v) is 1.77. The van der Waals surface area contributed by atoms with Crippen LogP contribution in [0.2, 0.25) is 0 Å². The largest absolute Gasteiger partial charge is 0.508 e. The fourth-order valence-electron chi connectivity index (χ4n) is 1.77. The second kappa shape index (κ2) is 6.53. The number of H-pyrrole nitrogens is 1. The van der Waals surface area contributed by atoms with Crippen LogP contribution in [0.4, 0.5) is 0 Å². The van der Waals surface area contributed by atoms with E-state index in [0.717, 1.165) is 6.07 Å². The second-order valence-corrected chi connectivity index (χ2v) is 4.54. The monoisotopic (exact) mass is 303 g/mol. The molecule has 0 saturated carbocycles. The molecule has 0 spiro atoms. The number of amides is 1. The zero-order valence-corrected chi connectivity index (χ0v) is 11.3. The third-order valence-electron chi connectivity index (χ3n) is 2.89. The van der Waals surface area contributed by atoms with Crippen LogP contribution in [0.5, 0.6) is 5.75 Å². The number of phenols is 1. The summed E-state index contributed by atoms with van der Waals surface area (Å²) in [4.78, 5) is 34.0. The van der Waals surface area contributed by atoms with Crippen molar-refractivity contribution >= 4 is 11.9 Å². The molecule has 1 aromatic heterocycles. The first-order valence-electron chi connectivity index (χ1n) is 6.33. The van der Waals surface area contributed by atoms with Crippen molar-refractivity contribution in [1.82, 2.24) is 15.5 Å². The predicted molar refractivity (Wildman–Crippen MR) is 75.6 cm³/mol. The van der Waals surface area contributed by atoms with Gasteiger partial charge in [0.15, 0.2) is 0 Å². The number of carbonyl (C=O) groups is 2. The Morgan fingerprint density at radius 1 is 1.18 bits per heavy atom. The number of nitrogens with one attached hydrogen (secondary N) is 2. The first kappa shape index (κ1) is 15.2. The number of hydrogen-bond acceptors (Lipinski definition) is 5. The Morgan fingerprint density at radius 2 is 1.86 bits per heavy atom. The van der Waals surface area contributed by atoms with Gasteiger partial charge in [0.05, 0.1) is 0 Å². The van der Waals surface area contributed by atoms with Crippen LogP contribution in [0.3, 0.4) is 0 Å². The number of benzene rings is 1. The SMILES string of the molecule is O=C(NC(Cc1ccc(O)cc1)C(=O)O)c1ccc(=O)[nH]n1. The summed E-state index contributed by atoms with van der Waals surface area (Å²) in [5.74, 6) is -1.84. The molecule has 0 fully saturated rings. The molecule has 1 heterocycles. The molecule has 0 aliphatic heterocycles. The van der Waals surface area contributed by atoms with Crippen molar-refractivity contribution < 1.29 is 19.8 Å². The molecule has 22 heavy (non-hydrogen) atoms. The minimum Gasteiger partial charge on any atom is -0.508 e. The molecule has 8 heteroatoms. The van der Waals surface area contributed by atoms with Gasteiger partial charge in [-0.2, -0.15) is 5.10 Å². The Bertz CT molecular complexity index is 718. The summed E-state index contributed by atoms with van der Waals surface area (Å²) in [6.07, 6.45) is 0.0463. The number of hydrogen-bond donors (Lipinski definition) is 4. The molecule has 0 bridgehead atoms. The molecule has 4 N–H and O–H groups in total. The molecule has 114 valence electrons. The topological polar surface area (TPSA) is 132 Å². The van der Waals surface area contributed by atoms with E-state index in [1.165, 1.54) is 18.2 Å². The Kier molecular flexibility index (Phi) is 4.52. The van der Waals surface area contributed by atoms with Gasteiger partial charge < -0.3 is 15.5 Å². The number of rotatable bonds is 5. The third kappa shape index (κ3) is 3.92. The van der Waals surface area contributed by atoms with E-state index in [9.17, 15) is 24.6 Å². The van der Waals surface area contributed by atoms with Crippen LogP contribution in [0.25, 0.3) is 0 Å². The minimum absolute atomic E-state index is 0.0463. The Labute approximate surface area is 124 Å². The van der Waals surface area contributed by atoms with Gasteiger partial charge in [-0.05, 0) is 23.8 Å². The lowest BCUT2D eigenvalue weighted by molar-refractivity contribution is -0.139. The molecular weight excluding hydrogens is 290 g/mol. The summed E-state index contributed by atoms with van der Waals surface area (Å²) in [7, 11) is 0. The average molecular weight is 303 g/mol. The lowest BCUT2D eigenvalue weighted by atomic mass is 10.1. The summed E-state index contributed by atoms with van der Waals surface area (Å²) in [5.41, 5.74) is 0.0897. The highest BCUT2D eigenvalue weighted by Gasteiger charge is 2.21. The normalized spacial score (nSPS) is 11.6. The van der Waals surface area contributed by atoms with Gasteiger partial charge in [-0.3, -0.25) is 9.59 Å². The first-order valence-corrected chi connectivity index (χ1v) is 6.33. The standard InChI is InChI=1S/C14H13N3O5/c18-9-3-1-8(2-4-9)7-11(14(21)22)15-13(20)10-5-6-12(19)17-16-10/h1-6,11,18H,7H2,(H,15,20)(H,17,19)(H,21,22). The van der Waals surface area contributed by atoms with E-state index >= 15 is 0 Å². The number of aromatic nitrogens is 2. The lowest BCUT2D eigenvalue weighted by Crippen LogP contribution is -2.42. The number of aromatic hydroxyl groups is 1. The molecule has 0 radical (unpaired) electrons. The number of nitrogens with zero attached hydrogens (tertiary/aromatic N) is 1. The molecule has 2 aromatic rings. The van der Waals surface area contributed by atoms with Crippen LogP contribution >= 0.6 is 0 Å². The molecular formula is C14H13N3O5. The number of carboxylic acid groups (broad SMARTS) is 1. The molecule has 0 aliphatic carbocycles. The van der Waals surface area contributed by atoms with Crippen molar-refractivity contribution in [1.29, 1.82) is 0 Å². The number of aromatic amines is 1. The van der Waals surface area contributed by atoms with Gasteiger partial charge >= 0.3 is 5.97 Å². The van der Waals surface area contributed by atoms with Gasteiger partial charge in [-0.25, -0.2) is 9.89 Å². The summed E-state index contributed by atoms with van der Waals surface area (Å²) >= 11 is 0. The van der Waals surface area contributed by atoms with E-state index in [0.29, 0.717) is 5.56 Å². The van der Waals surface area contributed by atoms with Crippen LogP contribution in [0, 0.1) is 0 Å². The average Bonchev–Trinajstić information content (AvgIpc) is 2.49. The van der Waals surface area contributed by atoms with Crippen molar-refractivity contribution in [2.45, 2.75) is 12.5 Å². The molecule has 1 unspecified atom stereocenters. The van der Waals surface area contributed by atoms with Crippen LogP contribution in [-0.2, 0) is 11.2 Å². The zero-order valence-electron chi connectivity index (χ0n) is 11.3. The maximum Gasteiger partial charge on any atom is 0.326 e. The van der Waals surface area contributed by atoms with Crippen LogP contribution in [-0.4, -0.2) is 38.3 Å². The van der Waals surface area contributed by atoms with Gasteiger partial charge in [0.25, 0.3) is 11.5 Å². The van der Waals surface area contributed by atoms with Crippen molar-refractivity contribution in [2.75, 3.05) is 0 Å². The van der Waals surface area contributed by atoms with E-state index in [1.807, 2.05) is 0 Å². The summed E-state index contributed by atoms with van der Waals surface area (Å²) in [6.45, 7) is 0. The number of aliphatic carboxylic acids is 1. The second-order valence-electron chi connectivity index (χ2n) is 4.54. The van der Waals surface area contributed by atoms with Crippen molar-refractivity contribution in [3.8, 4) is 5.75 Å². The highest BCUT2D eigenvalue weighted by Crippen LogP contribution is 2.11. The van der Waals surface area contributed by atoms with Crippen LogP contribution < -0.4 is 10.9 Å². The van der Waals surface area contributed by atoms with E-state index in [4.69, 9.17) is 0 Å². The lowest BCUT2D eigenvalue weighted by Gasteiger charge is -2.14. The quantitative estimate of drug-likeness (QED) is 0.610. The van der Waals surface area contributed by atoms with Crippen LogP contribution in [0.15, 0.2) is 41.2 Å². The number of carboxylic acids is 1. The molecule has 8 nitrogen and oxygen atoms in total. The maximum atomic E-state index is 11.9. The highest BCUT2D eigenvalue weighted by molar-refractivity contribution is 5.94.